The lowest BCUT2D eigenvalue weighted by molar-refractivity contribution is -0.132. The van der Waals surface area contributed by atoms with Crippen LogP contribution in [0.5, 0.6) is 0 Å². The van der Waals surface area contributed by atoms with Crippen LogP contribution in [0.2, 0.25) is 0 Å². The van der Waals surface area contributed by atoms with Crippen LogP contribution in [0.25, 0.3) is 0 Å². The van der Waals surface area contributed by atoms with Crippen LogP contribution in [0.15, 0.2) is 24.3 Å². The molecule has 2 unspecified atom stereocenters. The monoisotopic (exact) mass is 293 g/mol. The number of nitrogens with zero attached hydrogens (tertiary/aromatic N) is 2. The van der Waals surface area contributed by atoms with Gasteiger partial charge in [-0.25, -0.2) is 4.39 Å². The van der Waals surface area contributed by atoms with Gasteiger partial charge in [0.2, 0.25) is 5.91 Å². The molecule has 1 saturated heterocycles. The van der Waals surface area contributed by atoms with Gasteiger partial charge in [0, 0.05) is 44.3 Å². The van der Waals surface area contributed by atoms with E-state index in [-0.39, 0.29) is 11.7 Å². The first-order valence-electron chi connectivity index (χ1n) is 7.42. The molecule has 0 spiro atoms. The predicted octanol–water partition coefficient (Wildman–Crippen LogP) is 1.47. The van der Waals surface area contributed by atoms with Crippen molar-refractivity contribution in [3.05, 3.63) is 35.6 Å². The molecule has 1 aromatic carbocycles. The number of halogens is 1. The third kappa shape index (κ3) is 4.25. The van der Waals surface area contributed by atoms with Crippen LogP contribution in [0, 0.1) is 5.82 Å². The van der Waals surface area contributed by atoms with E-state index in [4.69, 9.17) is 0 Å². The Hall–Kier alpha value is -1.46. The fourth-order valence-electron chi connectivity index (χ4n) is 2.58. The molecule has 1 N–H and O–H groups in total. The molecule has 1 heterocycles. The summed E-state index contributed by atoms with van der Waals surface area (Å²) >= 11 is 0. The third-order valence-electron chi connectivity index (χ3n) is 4.02. The molecule has 21 heavy (non-hydrogen) atoms. The number of hydrogen-bond acceptors (Lipinski definition) is 3. The number of carbonyl (C=O) groups is 1. The van der Waals surface area contributed by atoms with Crippen LogP contribution in [-0.2, 0) is 11.3 Å². The predicted molar refractivity (Wildman–Crippen MR) is 81.4 cm³/mol. The zero-order chi connectivity index (χ0) is 15.4. The molecule has 1 aromatic rings. The average molecular weight is 293 g/mol. The van der Waals surface area contributed by atoms with Crippen molar-refractivity contribution < 1.29 is 9.18 Å². The highest BCUT2D eigenvalue weighted by Crippen LogP contribution is 2.11. The Kier molecular flexibility index (Phi) is 5.31. The fourth-order valence-corrected chi connectivity index (χ4v) is 2.58. The lowest BCUT2D eigenvalue weighted by Gasteiger charge is -2.37. The van der Waals surface area contributed by atoms with Crippen LogP contribution in [0.3, 0.4) is 0 Å². The number of nitrogens with one attached hydrogen (secondary N) is 1. The van der Waals surface area contributed by atoms with Crippen molar-refractivity contribution in [1.29, 1.82) is 0 Å². The van der Waals surface area contributed by atoms with E-state index in [9.17, 15) is 9.18 Å². The molecular formula is C16H24FN3O. The van der Waals surface area contributed by atoms with Gasteiger partial charge in [-0.1, -0.05) is 18.2 Å². The molecule has 0 saturated carbocycles. The van der Waals surface area contributed by atoms with E-state index in [1.807, 2.05) is 0 Å². The smallest absolute Gasteiger partial charge is 0.236 e. The summed E-state index contributed by atoms with van der Waals surface area (Å²) in [5.74, 6) is -0.236. The normalized spacial score (nSPS) is 23.0. The Morgan fingerprint density at radius 3 is 2.86 bits per heavy atom. The maximum atomic E-state index is 13.6. The van der Waals surface area contributed by atoms with Crippen LogP contribution >= 0.6 is 0 Å². The van der Waals surface area contributed by atoms with Crippen LogP contribution in [-0.4, -0.2) is 54.5 Å². The molecule has 1 aliphatic rings. The van der Waals surface area contributed by atoms with E-state index in [2.05, 4.69) is 24.1 Å². The molecule has 0 aromatic heterocycles. The van der Waals surface area contributed by atoms with Crippen molar-refractivity contribution >= 4 is 5.91 Å². The van der Waals surface area contributed by atoms with Crippen molar-refractivity contribution in [2.24, 2.45) is 0 Å². The first kappa shape index (κ1) is 15.9. The molecule has 116 valence electrons. The molecule has 2 rings (SSSR count). The van der Waals surface area contributed by atoms with Crippen molar-refractivity contribution in [3.8, 4) is 0 Å². The summed E-state index contributed by atoms with van der Waals surface area (Å²) in [6, 6.07) is 7.32. The SMILES string of the molecule is CC1CN(CC(=O)N(C)Cc2ccccc2F)C(C)CN1. The van der Waals surface area contributed by atoms with E-state index in [1.165, 1.54) is 6.07 Å². The van der Waals surface area contributed by atoms with Crippen molar-refractivity contribution in [1.82, 2.24) is 15.1 Å². The molecule has 0 bridgehead atoms. The molecular weight excluding hydrogens is 269 g/mol. The Morgan fingerprint density at radius 2 is 2.14 bits per heavy atom. The van der Waals surface area contributed by atoms with Gasteiger partial charge in [-0.3, -0.25) is 9.69 Å². The summed E-state index contributed by atoms with van der Waals surface area (Å²) < 4.78 is 13.6. The van der Waals surface area contributed by atoms with Gasteiger partial charge < -0.3 is 10.2 Å². The Morgan fingerprint density at radius 1 is 1.43 bits per heavy atom. The lowest BCUT2D eigenvalue weighted by Crippen LogP contribution is -2.56. The summed E-state index contributed by atoms with van der Waals surface area (Å²) in [5.41, 5.74) is 0.551. The van der Waals surface area contributed by atoms with Gasteiger partial charge in [-0.15, -0.1) is 0 Å². The van der Waals surface area contributed by atoms with Gasteiger partial charge in [0.15, 0.2) is 0 Å². The number of benzene rings is 1. The quantitative estimate of drug-likeness (QED) is 0.913. The minimum absolute atomic E-state index is 0.0270. The molecule has 1 aliphatic heterocycles. The number of amides is 1. The number of carbonyl (C=O) groups excluding carboxylic acids is 1. The first-order chi connectivity index (χ1) is 9.97. The highest BCUT2D eigenvalue weighted by Gasteiger charge is 2.25. The van der Waals surface area contributed by atoms with Gasteiger partial charge in [0.05, 0.1) is 6.54 Å². The van der Waals surface area contributed by atoms with Gasteiger partial charge in [0.25, 0.3) is 0 Å². The average Bonchev–Trinajstić information content (AvgIpc) is 2.45. The third-order valence-corrected chi connectivity index (χ3v) is 4.02. The largest absolute Gasteiger partial charge is 0.340 e. The Balaban J connectivity index is 1.92. The van der Waals surface area contributed by atoms with E-state index in [0.717, 1.165) is 13.1 Å². The van der Waals surface area contributed by atoms with Crippen LogP contribution in [0.4, 0.5) is 4.39 Å². The zero-order valence-corrected chi connectivity index (χ0v) is 13.0. The molecule has 5 heteroatoms. The fraction of sp³-hybridized carbons (Fsp3) is 0.562. The summed E-state index contributed by atoms with van der Waals surface area (Å²) in [6.07, 6.45) is 0. The number of piperazine rings is 1. The van der Waals surface area contributed by atoms with Gasteiger partial charge >= 0.3 is 0 Å². The van der Waals surface area contributed by atoms with Gasteiger partial charge in [-0.2, -0.15) is 0 Å². The molecule has 2 atom stereocenters. The Labute approximate surface area is 125 Å². The molecule has 4 nitrogen and oxygen atoms in total. The van der Waals surface area contributed by atoms with E-state index >= 15 is 0 Å². The maximum Gasteiger partial charge on any atom is 0.236 e. The maximum absolute atomic E-state index is 13.6. The molecule has 0 radical (unpaired) electrons. The topological polar surface area (TPSA) is 35.6 Å². The Bertz CT molecular complexity index is 494. The number of hydrogen-bond donors (Lipinski definition) is 1. The van der Waals surface area contributed by atoms with E-state index < -0.39 is 0 Å². The highest BCUT2D eigenvalue weighted by molar-refractivity contribution is 5.78. The standard InChI is InChI=1S/C16H24FN3O/c1-12-9-20(13(2)8-18-12)11-16(21)19(3)10-14-6-4-5-7-15(14)17/h4-7,12-13,18H,8-11H2,1-3H3. The molecule has 0 aliphatic carbocycles. The number of likely N-dealkylation sites (N-methyl/N-ethyl adjacent to an activating group) is 1. The molecule has 1 amide bonds. The zero-order valence-electron chi connectivity index (χ0n) is 13.0. The summed E-state index contributed by atoms with van der Waals surface area (Å²) in [5, 5.41) is 3.40. The minimum atomic E-state index is -0.263. The number of rotatable bonds is 4. The minimum Gasteiger partial charge on any atom is -0.340 e. The summed E-state index contributed by atoms with van der Waals surface area (Å²) in [7, 11) is 1.73. The second-order valence-electron chi connectivity index (χ2n) is 5.93. The lowest BCUT2D eigenvalue weighted by atomic mass is 10.1. The van der Waals surface area contributed by atoms with Crippen molar-refractivity contribution in [2.75, 3.05) is 26.7 Å². The van der Waals surface area contributed by atoms with E-state index in [1.54, 1.807) is 30.1 Å². The van der Waals surface area contributed by atoms with Crippen LogP contribution in [0.1, 0.15) is 19.4 Å². The van der Waals surface area contributed by atoms with Gasteiger partial charge in [-0.05, 0) is 19.9 Å². The van der Waals surface area contributed by atoms with Gasteiger partial charge in [0.1, 0.15) is 5.82 Å². The van der Waals surface area contributed by atoms with E-state index in [0.29, 0.717) is 30.7 Å². The highest BCUT2D eigenvalue weighted by atomic mass is 19.1. The van der Waals surface area contributed by atoms with Crippen molar-refractivity contribution in [2.45, 2.75) is 32.5 Å². The second-order valence-corrected chi connectivity index (χ2v) is 5.93. The second kappa shape index (κ2) is 7.00. The summed E-state index contributed by atoms with van der Waals surface area (Å²) in [6.45, 7) is 6.68. The first-order valence-corrected chi connectivity index (χ1v) is 7.42. The summed E-state index contributed by atoms with van der Waals surface area (Å²) in [4.78, 5) is 16.1. The molecule has 1 fully saturated rings. The van der Waals surface area contributed by atoms with Crippen molar-refractivity contribution in [3.63, 3.8) is 0 Å². The van der Waals surface area contributed by atoms with Crippen LogP contribution < -0.4 is 5.32 Å².